The summed E-state index contributed by atoms with van der Waals surface area (Å²) in [5.41, 5.74) is 2.16. The first-order chi connectivity index (χ1) is 14.7. The molecule has 0 saturated carbocycles. The van der Waals surface area contributed by atoms with Crippen LogP contribution in [0.1, 0.15) is 42.9 Å². The number of benzene rings is 1. The molecular formula is C23H29N3O3S. The fourth-order valence-electron chi connectivity index (χ4n) is 4.04. The molecule has 2 aliphatic rings. The minimum atomic E-state index is 0.0308. The van der Waals surface area contributed by atoms with Crippen LogP contribution in [-0.2, 0) is 9.53 Å². The molecule has 0 unspecified atom stereocenters. The summed E-state index contributed by atoms with van der Waals surface area (Å²) >= 11 is 1.67. The highest BCUT2D eigenvalue weighted by molar-refractivity contribution is 7.99. The Bertz CT molecular complexity index is 843. The van der Waals surface area contributed by atoms with Gasteiger partial charge < -0.3 is 14.4 Å². The van der Waals surface area contributed by atoms with Gasteiger partial charge in [0.05, 0.1) is 11.8 Å². The van der Waals surface area contributed by atoms with Crippen LogP contribution in [0.4, 0.5) is 0 Å². The number of likely N-dealkylation sites (tertiary alicyclic amines) is 1. The van der Waals surface area contributed by atoms with Crippen molar-refractivity contribution < 1.29 is 14.3 Å². The molecular weight excluding hydrogens is 398 g/mol. The van der Waals surface area contributed by atoms with Gasteiger partial charge in [-0.05, 0) is 50.3 Å². The molecule has 3 heterocycles. The summed E-state index contributed by atoms with van der Waals surface area (Å²) in [7, 11) is 0. The third-order valence-electron chi connectivity index (χ3n) is 5.68. The molecule has 30 heavy (non-hydrogen) atoms. The summed E-state index contributed by atoms with van der Waals surface area (Å²) in [6.45, 7) is 4.46. The smallest absolute Gasteiger partial charge is 0.260 e. The number of carbonyl (C=O) groups excluding carboxylic acids is 1. The second-order valence-corrected chi connectivity index (χ2v) is 8.93. The summed E-state index contributed by atoms with van der Waals surface area (Å²) in [5, 5.41) is 0.807. The van der Waals surface area contributed by atoms with E-state index in [0.717, 1.165) is 66.8 Å². The van der Waals surface area contributed by atoms with Crippen molar-refractivity contribution in [2.45, 2.75) is 49.8 Å². The third-order valence-corrected chi connectivity index (χ3v) is 6.67. The molecule has 0 spiro atoms. The van der Waals surface area contributed by atoms with E-state index < -0.39 is 0 Å². The fraction of sp³-hybridized carbons (Fsp3) is 0.522. The van der Waals surface area contributed by atoms with Gasteiger partial charge in [-0.1, -0.05) is 30.0 Å². The number of amides is 1. The van der Waals surface area contributed by atoms with E-state index in [4.69, 9.17) is 14.5 Å². The van der Waals surface area contributed by atoms with Gasteiger partial charge in [-0.15, -0.1) is 0 Å². The topological polar surface area (TPSA) is 64.6 Å². The van der Waals surface area contributed by atoms with E-state index in [9.17, 15) is 4.79 Å². The van der Waals surface area contributed by atoms with Crippen LogP contribution in [0.3, 0.4) is 0 Å². The molecule has 0 N–H and O–H groups in total. The second-order valence-electron chi connectivity index (χ2n) is 7.95. The Labute approximate surface area is 182 Å². The van der Waals surface area contributed by atoms with E-state index in [2.05, 4.69) is 11.9 Å². The van der Waals surface area contributed by atoms with Crippen LogP contribution >= 0.6 is 11.8 Å². The number of aryl methyl sites for hydroxylation is 1. The van der Waals surface area contributed by atoms with Crippen molar-refractivity contribution >= 4 is 17.7 Å². The van der Waals surface area contributed by atoms with E-state index in [1.165, 1.54) is 0 Å². The SMILES string of the molecule is Cc1cnc(SC[C@@H]2CCCO2)nc1[C@H]1CCCN(C(=O)COc2ccccc2)C1. The number of rotatable bonds is 7. The van der Waals surface area contributed by atoms with Crippen molar-refractivity contribution in [1.29, 1.82) is 0 Å². The van der Waals surface area contributed by atoms with E-state index in [-0.39, 0.29) is 18.4 Å². The van der Waals surface area contributed by atoms with Gasteiger partial charge >= 0.3 is 0 Å². The first kappa shape index (κ1) is 21.1. The van der Waals surface area contributed by atoms with Gasteiger partial charge in [0.15, 0.2) is 11.8 Å². The summed E-state index contributed by atoms with van der Waals surface area (Å²) in [6, 6.07) is 9.48. The zero-order valence-electron chi connectivity index (χ0n) is 17.5. The van der Waals surface area contributed by atoms with E-state index in [0.29, 0.717) is 12.6 Å². The van der Waals surface area contributed by atoms with Gasteiger partial charge in [0.25, 0.3) is 5.91 Å². The van der Waals surface area contributed by atoms with Gasteiger partial charge in [0.1, 0.15) is 5.75 Å². The zero-order valence-corrected chi connectivity index (χ0v) is 18.3. The summed E-state index contributed by atoms with van der Waals surface area (Å²) in [6.07, 6.45) is 6.51. The summed E-state index contributed by atoms with van der Waals surface area (Å²) < 4.78 is 11.4. The Balaban J connectivity index is 1.36. The van der Waals surface area contributed by atoms with Crippen LogP contribution in [0.15, 0.2) is 41.7 Å². The van der Waals surface area contributed by atoms with Crippen LogP contribution in [0.25, 0.3) is 0 Å². The molecule has 2 fully saturated rings. The minimum absolute atomic E-state index is 0.0308. The highest BCUT2D eigenvalue weighted by Crippen LogP contribution is 2.30. The van der Waals surface area contributed by atoms with Gasteiger partial charge in [-0.3, -0.25) is 4.79 Å². The Morgan fingerprint density at radius 1 is 1.27 bits per heavy atom. The van der Waals surface area contributed by atoms with E-state index in [1.54, 1.807) is 11.8 Å². The lowest BCUT2D eigenvalue weighted by molar-refractivity contribution is -0.134. The first-order valence-electron chi connectivity index (χ1n) is 10.7. The average molecular weight is 428 g/mol. The Morgan fingerprint density at radius 2 is 2.13 bits per heavy atom. The lowest BCUT2D eigenvalue weighted by atomic mass is 9.92. The number of hydrogen-bond donors (Lipinski definition) is 0. The molecule has 160 valence electrons. The molecule has 2 atom stereocenters. The predicted molar refractivity (Wildman–Crippen MR) is 117 cm³/mol. The fourth-order valence-corrected chi connectivity index (χ4v) is 4.93. The molecule has 0 aliphatic carbocycles. The normalized spacial score (nSPS) is 21.6. The van der Waals surface area contributed by atoms with E-state index >= 15 is 0 Å². The molecule has 2 aliphatic heterocycles. The predicted octanol–water partition coefficient (Wildman–Crippen LogP) is 3.84. The highest BCUT2D eigenvalue weighted by atomic mass is 32.2. The number of thioether (sulfide) groups is 1. The maximum Gasteiger partial charge on any atom is 0.260 e. The summed E-state index contributed by atoms with van der Waals surface area (Å²) in [5.74, 6) is 1.89. The molecule has 2 aromatic rings. The van der Waals surface area contributed by atoms with Crippen LogP contribution in [0.2, 0.25) is 0 Å². The zero-order chi connectivity index (χ0) is 20.8. The lowest BCUT2D eigenvalue weighted by Crippen LogP contribution is -2.41. The van der Waals surface area contributed by atoms with Gasteiger partial charge in [-0.2, -0.15) is 0 Å². The Morgan fingerprint density at radius 3 is 2.93 bits per heavy atom. The number of ether oxygens (including phenoxy) is 2. The lowest BCUT2D eigenvalue weighted by Gasteiger charge is -2.33. The number of aromatic nitrogens is 2. The Kier molecular flexibility index (Phi) is 7.23. The number of carbonyl (C=O) groups is 1. The van der Waals surface area contributed by atoms with Crippen molar-refractivity contribution in [2.24, 2.45) is 0 Å². The summed E-state index contributed by atoms with van der Waals surface area (Å²) in [4.78, 5) is 24.0. The van der Waals surface area contributed by atoms with Gasteiger partial charge in [0, 0.05) is 37.6 Å². The van der Waals surface area contributed by atoms with Crippen molar-refractivity contribution in [1.82, 2.24) is 14.9 Å². The van der Waals surface area contributed by atoms with Crippen molar-refractivity contribution in [3.63, 3.8) is 0 Å². The van der Waals surface area contributed by atoms with E-state index in [1.807, 2.05) is 41.4 Å². The molecule has 4 rings (SSSR count). The first-order valence-corrected chi connectivity index (χ1v) is 11.7. The monoisotopic (exact) mass is 427 g/mol. The van der Waals surface area contributed by atoms with Crippen LogP contribution in [-0.4, -0.2) is 58.9 Å². The second kappa shape index (κ2) is 10.3. The number of hydrogen-bond acceptors (Lipinski definition) is 6. The maximum atomic E-state index is 12.7. The Hall–Kier alpha value is -2.12. The molecule has 1 amide bonds. The largest absolute Gasteiger partial charge is 0.484 e. The van der Waals surface area contributed by atoms with Crippen molar-refractivity contribution in [3.05, 3.63) is 47.8 Å². The molecule has 0 bridgehead atoms. The maximum absolute atomic E-state index is 12.7. The van der Waals surface area contributed by atoms with Crippen LogP contribution in [0.5, 0.6) is 5.75 Å². The van der Waals surface area contributed by atoms with Gasteiger partial charge in [0.2, 0.25) is 0 Å². The standard InChI is InChI=1S/C23H29N3O3S/c1-17-13-24-23(30-16-20-10-6-12-28-20)25-22(17)18-7-5-11-26(14-18)21(27)15-29-19-8-3-2-4-9-19/h2-4,8-9,13,18,20H,5-7,10-12,14-16H2,1H3/t18-,20-/m0/s1. The van der Waals surface area contributed by atoms with Crippen LogP contribution < -0.4 is 4.74 Å². The molecule has 7 heteroatoms. The minimum Gasteiger partial charge on any atom is -0.484 e. The average Bonchev–Trinajstić information content (AvgIpc) is 3.31. The highest BCUT2D eigenvalue weighted by Gasteiger charge is 2.27. The quantitative estimate of drug-likeness (QED) is 0.494. The molecule has 1 aromatic heterocycles. The number of piperidine rings is 1. The third kappa shape index (κ3) is 5.52. The number of nitrogens with zero attached hydrogens (tertiary/aromatic N) is 3. The molecule has 0 radical (unpaired) electrons. The molecule has 6 nitrogen and oxygen atoms in total. The molecule has 1 aromatic carbocycles. The van der Waals surface area contributed by atoms with Crippen LogP contribution in [0, 0.1) is 6.92 Å². The van der Waals surface area contributed by atoms with Crippen molar-refractivity contribution in [2.75, 3.05) is 32.1 Å². The van der Waals surface area contributed by atoms with Crippen molar-refractivity contribution in [3.8, 4) is 5.75 Å². The molecule has 2 saturated heterocycles. The number of para-hydroxylation sites is 1. The van der Waals surface area contributed by atoms with Gasteiger partial charge in [-0.25, -0.2) is 9.97 Å².